The molecule has 0 heterocycles. The van der Waals surface area contributed by atoms with Crippen molar-refractivity contribution in [3.63, 3.8) is 0 Å². The van der Waals surface area contributed by atoms with Gasteiger partial charge in [-0.3, -0.25) is 4.79 Å². The SMILES string of the molecule is CCC(C)(CBr)NC(=O)c1ccc(F)c(F)c1F. The largest absolute Gasteiger partial charge is 0.346 e. The molecule has 2 nitrogen and oxygen atoms in total. The molecule has 1 atom stereocenters. The number of amides is 1. The molecule has 0 aromatic heterocycles. The van der Waals surface area contributed by atoms with Crippen molar-refractivity contribution in [1.29, 1.82) is 0 Å². The van der Waals surface area contributed by atoms with Crippen LogP contribution in [-0.4, -0.2) is 16.8 Å². The summed E-state index contributed by atoms with van der Waals surface area (Å²) in [6.07, 6.45) is 0.606. The third kappa shape index (κ3) is 3.04. The summed E-state index contributed by atoms with van der Waals surface area (Å²) < 4.78 is 39.2. The van der Waals surface area contributed by atoms with E-state index in [2.05, 4.69) is 21.2 Å². The van der Waals surface area contributed by atoms with E-state index >= 15 is 0 Å². The maximum atomic E-state index is 13.4. The van der Waals surface area contributed by atoms with Crippen LogP contribution in [0.1, 0.15) is 30.6 Å². The molecular weight excluding hydrogens is 311 g/mol. The number of benzene rings is 1. The van der Waals surface area contributed by atoms with Crippen LogP contribution in [0.4, 0.5) is 13.2 Å². The first-order valence-corrected chi connectivity index (χ1v) is 6.48. The normalized spacial score (nSPS) is 14.1. The van der Waals surface area contributed by atoms with Crippen molar-refractivity contribution in [1.82, 2.24) is 5.32 Å². The van der Waals surface area contributed by atoms with Crippen LogP contribution in [0.25, 0.3) is 0 Å². The number of rotatable bonds is 4. The molecule has 0 radical (unpaired) electrons. The van der Waals surface area contributed by atoms with Gasteiger partial charge in [-0.05, 0) is 25.5 Å². The Kier molecular flexibility index (Phi) is 4.78. The molecular formula is C12H13BrF3NO. The van der Waals surface area contributed by atoms with Crippen molar-refractivity contribution in [2.75, 3.05) is 5.33 Å². The van der Waals surface area contributed by atoms with Gasteiger partial charge in [0, 0.05) is 10.9 Å². The Bertz CT molecular complexity index is 461. The van der Waals surface area contributed by atoms with E-state index in [-0.39, 0.29) is 0 Å². The minimum absolute atomic E-state index is 0.466. The van der Waals surface area contributed by atoms with Gasteiger partial charge in [-0.15, -0.1) is 0 Å². The van der Waals surface area contributed by atoms with Crippen molar-refractivity contribution in [2.24, 2.45) is 0 Å². The van der Waals surface area contributed by atoms with Gasteiger partial charge in [0.1, 0.15) is 0 Å². The molecule has 6 heteroatoms. The molecule has 100 valence electrons. The number of hydrogen-bond donors (Lipinski definition) is 1. The number of carbonyl (C=O) groups excluding carboxylic acids is 1. The lowest BCUT2D eigenvalue weighted by Gasteiger charge is -2.27. The molecule has 0 bridgehead atoms. The molecule has 1 unspecified atom stereocenters. The number of halogens is 4. The quantitative estimate of drug-likeness (QED) is 0.667. The first kappa shape index (κ1) is 15.0. The van der Waals surface area contributed by atoms with Crippen molar-refractivity contribution in [3.05, 3.63) is 35.1 Å². The van der Waals surface area contributed by atoms with Gasteiger partial charge < -0.3 is 5.32 Å². The molecule has 0 aliphatic carbocycles. The molecule has 0 saturated heterocycles. The average molecular weight is 324 g/mol. The van der Waals surface area contributed by atoms with E-state index in [9.17, 15) is 18.0 Å². The van der Waals surface area contributed by atoms with E-state index in [0.29, 0.717) is 11.8 Å². The monoisotopic (exact) mass is 323 g/mol. The molecule has 0 aliphatic rings. The highest BCUT2D eigenvalue weighted by molar-refractivity contribution is 9.09. The van der Waals surface area contributed by atoms with E-state index in [1.807, 2.05) is 6.92 Å². The van der Waals surface area contributed by atoms with E-state index in [1.54, 1.807) is 6.92 Å². The van der Waals surface area contributed by atoms with Crippen LogP contribution in [0.5, 0.6) is 0 Å². The highest BCUT2D eigenvalue weighted by Crippen LogP contribution is 2.18. The fraction of sp³-hybridized carbons (Fsp3) is 0.417. The number of alkyl halides is 1. The number of hydrogen-bond acceptors (Lipinski definition) is 1. The van der Waals surface area contributed by atoms with Crippen LogP contribution >= 0.6 is 15.9 Å². The summed E-state index contributed by atoms with van der Waals surface area (Å²) in [5.74, 6) is -5.20. The number of nitrogens with one attached hydrogen (secondary N) is 1. The second-order valence-electron chi connectivity index (χ2n) is 4.22. The Morgan fingerprint density at radius 2 is 1.94 bits per heavy atom. The van der Waals surface area contributed by atoms with E-state index in [0.717, 1.165) is 12.1 Å². The van der Waals surface area contributed by atoms with Crippen molar-refractivity contribution < 1.29 is 18.0 Å². The Hall–Kier alpha value is -1.04. The van der Waals surface area contributed by atoms with Crippen LogP contribution < -0.4 is 5.32 Å². The Morgan fingerprint density at radius 1 is 1.33 bits per heavy atom. The highest BCUT2D eigenvalue weighted by atomic mass is 79.9. The number of carbonyl (C=O) groups is 1. The lowest BCUT2D eigenvalue weighted by atomic mass is 10.0. The topological polar surface area (TPSA) is 29.1 Å². The highest BCUT2D eigenvalue weighted by Gasteiger charge is 2.26. The zero-order valence-electron chi connectivity index (χ0n) is 9.99. The van der Waals surface area contributed by atoms with E-state index < -0.39 is 34.5 Å². The molecule has 0 fully saturated rings. The fourth-order valence-electron chi connectivity index (χ4n) is 1.26. The van der Waals surface area contributed by atoms with Crippen LogP contribution in [0.2, 0.25) is 0 Å². The molecule has 0 aliphatic heterocycles. The van der Waals surface area contributed by atoms with Gasteiger partial charge in [-0.2, -0.15) is 0 Å². The Balaban J connectivity index is 3.02. The van der Waals surface area contributed by atoms with Crippen LogP contribution in [-0.2, 0) is 0 Å². The van der Waals surface area contributed by atoms with Gasteiger partial charge in [0.25, 0.3) is 5.91 Å². The minimum atomic E-state index is -1.64. The smallest absolute Gasteiger partial charge is 0.254 e. The Labute approximate surface area is 112 Å². The predicted octanol–water partition coefficient (Wildman–Crippen LogP) is 3.40. The summed E-state index contributed by atoms with van der Waals surface area (Å²) in [4.78, 5) is 11.8. The van der Waals surface area contributed by atoms with Crippen molar-refractivity contribution in [3.8, 4) is 0 Å². The summed E-state index contributed by atoms with van der Waals surface area (Å²) >= 11 is 3.24. The van der Waals surface area contributed by atoms with Crippen LogP contribution in [0, 0.1) is 17.5 Å². The van der Waals surface area contributed by atoms with Gasteiger partial charge in [0.2, 0.25) is 0 Å². The average Bonchev–Trinajstić information content (AvgIpc) is 2.35. The third-order valence-electron chi connectivity index (χ3n) is 2.77. The second-order valence-corrected chi connectivity index (χ2v) is 4.79. The first-order valence-electron chi connectivity index (χ1n) is 5.36. The van der Waals surface area contributed by atoms with Gasteiger partial charge in [0.05, 0.1) is 5.56 Å². The van der Waals surface area contributed by atoms with E-state index in [4.69, 9.17) is 0 Å². The third-order valence-corrected chi connectivity index (χ3v) is 4.01. The molecule has 1 rings (SSSR count). The molecule has 1 aromatic rings. The molecule has 1 aromatic carbocycles. The maximum Gasteiger partial charge on any atom is 0.254 e. The summed E-state index contributed by atoms with van der Waals surface area (Å²) in [5, 5.41) is 3.05. The van der Waals surface area contributed by atoms with Gasteiger partial charge in [0.15, 0.2) is 17.5 Å². The van der Waals surface area contributed by atoms with Gasteiger partial charge in [-0.25, -0.2) is 13.2 Å². The van der Waals surface area contributed by atoms with Crippen molar-refractivity contribution in [2.45, 2.75) is 25.8 Å². The molecule has 0 saturated carbocycles. The Morgan fingerprint density at radius 3 is 2.44 bits per heavy atom. The zero-order chi connectivity index (χ0) is 13.9. The van der Waals surface area contributed by atoms with Gasteiger partial charge >= 0.3 is 0 Å². The summed E-state index contributed by atoms with van der Waals surface area (Å²) in [6, 6.07) is 1.65. The predicted molar refractivity (Wildman–Crippen MR) is 66.3 cm³/mol. The molecule has 0 spiro atoms. The first-order chi connectivity index (χ1) is 8.34. The van der Waals surface area contributed by atoms with Crippen molar-refractivity contribution >= 4 is 21.8 Å². The minimum Gasteiger partial charge on any atom is -0.346 e. The standard InChI is InChI=1S/C12H13BrF3NO/c1-3-12(2,6-13)17-11(18)7-4-5-8(14)10(16)9(7)15/h4-5H,3,6H2,1-2H3,(H,17,18). The lowest BCUT2D eigenvalue weighted by Crippen LogP contribution is -2.47. The molecule has 18 heavy (non-hydrogen) atoms. The van der Waals surface area contributed by atoms with Crippen LogP contribution in [0.3, 0.4) is 0 Å². The summed E-state index contributed by atoms with van der Waals surface area (Å²) in [6.45, 7) is 3.61. The molecule has 1 N–H and O–H groups in total. The van der Waals surface area contributed by atoms with Crippen LogP contribution in [0.15, 0.2) is 12.1 Å². The van der Waals surface area contributed by atoms with Gasteiger partial charge in [-0.1, -0.05) is 22.9 Å². The summed E-state index contributed by atoms with van der Waals surface area (Å²) in [7, 11) is 0. The maximum absolute atomic E-state index is 13.4. The second kappa shape index (κ2) is 5.73. The summed E-state index contributed by atoms with van der Waals surface area (Å²) in [5.41, 5.74) is -1.08. The molecule has 1 amide bonds. The zero-order valence-corrected chi connectivity index (χ0v) is 11.6. The fourth-order valence-corrected chi connectivity index (χ4v) is 1.80. The van der Waals surface area contributed by atoms with E-state index in [1.165, 1.54) is 0 Å². The lowest BCUT2D eigenvalue weighted by molar-refractivity contribution is 0.0908.